The summed E-state index contributed by atoms with van der Waals surface area (Å²) in [6.07, 6.45) is 5.54. The van der Waals surface area contributed by atoms with Crippen molar-refractivity contribution in [2.24, 2.45) is 0 Å². The first kappa shape index (κ1) is 31.2. The van der Waals surface area contributed by atoms with Gasteiger partial charge in [0, 0.05) is 6.07 Å². The van der Waals surface area contributed by atoms with Gasteiger partial charge in [0.2, 0.25) is 9.84 Å². The van der Waals surface area contributed by atoms with Gasteiger partial charge < -0.3 is 18.9 Å². The highest BCUT2D eigenvalue weighted by atomic mass is 32.2. The molecule has 228 valence electrons. The van der Waals surface area contributed by atoms with Gasteiger partial charge >= 0.3 is 0 Å². The highest BCUT2D eigenvalue weighted by molar-refractivity contribution is 7.91. The van der Waals surface area contributed by atoms with Crippen LogP contribution in [0.25, 0.3) is 0 Å². The Labute approximate surface area is 261 Å². The number of methoxy groups -OCH3 is 1. The Kier molecular flexibility index (Phi) is 8.83. The fourth-order valence-corrected chi connectivity index (χ4v) is 6.10. The third-order valence-electron chi connectivity index (χ3n) is 6.50. The van der Waals surface area contributed by atoms with Crippen molar-refractivity contribution in [1.82, 2.24) is 0 Å². The molecule has 11 heteroatoms. The molecule has 0 aromatic heterocycles. The maximum absolute atomic E-state index is 13.2. The second kappa shape index (κ2) is 12.8. The lowest BCUT2D eigenvalue weighted by Gasteiger charge is -2.13. The Balaban J connectivity index is 1.33. The first-order chi connectivity index (χ1) is 21.5. The van der Waals surface area contributed by atoms with E-state index in [1.54, 1.807) is 55.6 Å². The summed E-state index contributed by atoms with van der Waals surface area (Å²) in [4.78, 5) is -0.521. The van der Waals surface area contributed by atoms with Crippen LogP contribution in [-0.2, 0) is 20.0 Å². The fraction of sp³-hybridized carbons (Fsp3) is 0.0588. The number of benzene rings is 5. The van der Waals surface area contributed by atoms with Gasteiger partial charge in [0.1, 0.15) is 45.1 Å². The maximum Gasteiger partial charge on any atom is 0.298 e. The van der Waals surface area contributed by atoms with Crippen LogP contribution >= 0.6 is 0 Å². The van der Waals surface area contributed by atoms with E-state index in [0.717, 1.165) is 11.6 Å². The molecule has 0 amide bonds. The van der Waals surface area contributed by atoms with Crippen LogP contribution in [0.2, 0.25) is 0 Å². The van der Waals surface area contributed by atoms with Gasteiger partial charge in [-0.2, -0.15) is 8.42 Å². The first-order valence-corrected chi connectivity index (χ1v) is 16.2. The van der Waals surface area contributed by atoms with Crippen LogP contribution in [0.15, 0.2) is 124 Å². The zero-order valence-corrected chi connectivity index (χ0v) is 25.6. The van der Waals surface area contributed by atoms with Crippen LogP contribution in [0.3, 0.4) is 0 Å². The number of ether oxygens (including phenoxy) is 4. The quantitative estimate of drug-likeness (QED) is 0.122. The van der Waals surface area contributed by atoms with Gasteiger partial charge in [-0.3, -0.25) is 4.55 Å². The van der Waals surface area contributed by atoms with Crippen molar-refractivity contribution in [1.29, 1.82) is 0 Å². The van der Waals surface area contributed by atoms with E-state index in [4.69, 9.17) is 25.4 Å². The summed E-state index contributed by atoms with van der Waals surface area (Å²) in [5.41, 5.74) is 1.34. The van der Waals surface area contributed by atoms with Crippen molar-refractivity contribution in [3.05, 3.63) is 120 Å². The lowest BCUT2D eigenvalue weighted by Crippen LogP contribution is -2.03. The lowest BCUT2D eigenvalue weighted by molar-refractivity contribution is 0.413. The van der Waals surface area contributed by atoms with Gasteiger partial charge in [-0.15, -0.1) is 6.42 Å². The topological polar surface area (TPSA) is 125 Å². The molecule has 0 saturated carbocycles. The number of rotatable bonds is 10. The van der Waals surface area contributed by atoms with E-state index in [0.29, 0.717) is 28.6 Å². The number of hydrogen-bond donors (Lipinski definition) is 1. The minimum Gasteiger partial charge on any atom is -0.497 e. The third-order valence-corrected chi connectivity index (χ3v) is 9.16. The molecule has 5 aromatic rings. The second-order valence-corrected chi connectivity index (χ2v) is 13.0. The van der Waals surface area contributed by atoms with Gasteiger partial charge in [0.15, 0.2) is 0 Å². The van der Waals surface area contributed by atoms with E-state index < -0.39 is 24.9 Å². The van der Waals surface area contributed by atoms with E-state index in [2.05, 4.69) is 5.92 Å². The summed E-state index contributed by atoms with van der Waals surface area (Å²) in [5, 5.41) is 0. The Morgan fingerprint density at radius 3 is 1.62 bits per heavy atom. The fourth-order valence-electron chi connectivity index (χ4n) is 4.21. The van der Waals surface area contributed by atoms with Gasteiger partial charge in [-0.25, -0.2) is 8.42 Å². The molecular weight excluding hydrogens is 616 g/mol. The van der Waals surface area contributed by atoms with Crippen molar-refractivity contribution >= 4 is 20.0 Å². The average Bonchev–Trinajstić information content (AvgIpc) is 3.02. The minimum atomic E-state index is -4.74. The SMILES string of the molecule is C#Cc1ccc(C)cc1Oc1ccc(Oc2ccc(S(=O)(=O)c3ccc(Oc4ccc(OC)cc4)cc3)cc2)c(S(=O)(=O)O)c1. The molecule has 0 aliphatic carbocycles. The predicted molar refractivity (Wildman–Crippen MR) is 167 cm³/mol. The van der Waals surface area contributed by atoms with Crippen molar-refractivity contribution in [3.63, 3.8) is 0 Å². The van der Waals surface area contributed by atoms with E-state index in [-0.39, 0.29) is 27.0 Å². The Morgan fingerprint density at radius 2 is 1.09 bits per heavy atom. The predicted octanol–water partition coefficient (Wildman–Crippen LogP) is 7.44. The summed E-state index contributed by atoms with van der Waals surface area (Å²) >= 11 is 0. The molecule has 0 aliphatic heterocycles. The molecule has 45 heavy (non-hydrogen) atoms. The molecule has 0 unspecified atom stereocenters. The molecule has 1 N–H and O–H groups in total. The summed E-state index contributed by atoms with van der Waals surface area (Å²) in [5.74, 6) is 4.55. The molecule has 5 aromatic carbocycles. The largest absolute Gasteiger partial charge is 0.497 e. The summed E-state index contributed by atoms with van der Waals surface area (Å²) in [6, 6.07) is 27.4. The Bertz CT molecular complexity index is 2100. The van der Waals surface area contributed by atoms with Gasteiger partial charge in [0.25, 0.3) is 10.1 Å². The minimum absolute atomic E-state index is 0.0140. The van der Waals surface area contributed by atoms with Crippen molar-refractivity contribution in [3.8, 4) is 52.6 Å². The normalized spacial score (nSPS) is 11.3. The molecule has 9 nitrogen and oxygen atoms in total. The molecule has 0 heterocycles. The van der Waals surface area contributed by atoms with E-state index in [1.165, 1.54) is 48.5 Å². The third kappa shape index (κ3) is 7.27. The zero-order chi connectivity index (χ0) is 32.2. The second-order valence-electron chi connectivity index (χ2n) is 9.66. The average molecular weight is 643 g/mol. The first-order valence-electron chi connectivity index (χ1n) is 13.3. The van der Waals surface area contributed by atoms with Gasteiger partial charge in [0.05, 0.1) is 22.5 Å². The number of terminal acetylenes is 1. The van der Waals surface area contributed by atoms with Crippen LogP contribution in [-0.4, -0.2) is 28.5 Å². The highest BCUT2D eigenvalue weighted by Crippen LogP contribution is 2.35. The van der Waals surface area contributed by atoms with Crippen LogP contribution in [0, 0.1) is 19.3 Å². The smallest absolute Gasteiger partial charge is 0.298 e. The number of sulfone groups is 1. The standard InChI is InChI=1S/C34H26O9S2/c1-4-24-6-5-23(2)21-33(24)43-29-15-20-32(34(22-29)45(37,38)39)42-28-13-18-31(19-14-28)44(35,36)30-16-11-27(12-17-30)41-26-9-7-25(40-3)8-10-26/h1,5-22H,2-3H3,(H,37,38,39). The number of aryl methyl sites for hydroxylation is 1. The lowest BCUT2D eigenvalue weighted by atomic mass is 10.1. The van der Waals surface area contributed by atoms with Crippen molar-refractivity contribution in [2.45, 2.75) is 21.6 Å². The van der Waals surface area contributed by atoms with Crippen LogP contribution in [0.5, 0.6) is 40.2 Å². The molecule has 5 rings (SSSR count). The van der Waals surface area contributed by atoms with Gasteiger partial charge in [-0.05, 0) is 110 Å². The molecule has 0 radical (unpaired) electrons. The molecule has 0 aliphatic rings. The van der Waals surface area contributed by atoms with Crippen LogP contribution < -0.4 is 18.9 Å². The molecule has 0 saturated heterocycles. The van der Waals surface area contributed by atoms with E-state index in [9.17, 15) is 21.4 Å². The maximum atomic E-state index is 13.2. The summed E-state index contributed by atoms with van der Waals surface area (Å²) in [7, 11) is -7.08. The monoisotopic (exact) mass is 642 g/mol. The Hall–Kier alpha value is -5.28. The summed E-state index contributed by atoms with van der Waals surface area (Å²) in [6.45, 7) is 1.85. The van der Waals surface area contributed by atoms with Crippen LogP contribution in [0.4, 0.5) is 0 Å². The molecule has 0 spiro atoms. The Morgan fingerprint density at radius 1 is 0.600 bits per heavy atom. The van der Waals surface area contributed by atoms with E-state index in [1.807, 2.05) is 13.0 Å². The zero-order valence-electron chi connectivity index (χ0n) is 24.0. The van der Waals surface area contributed by atoms with Gasteiger partial charge in [-0.1, -0.05) is 12.0 Å². The molecule has 0 atom stereocenters. The number of hydrogen-bond acceptors (Lipinski definition) is 8. The molecule has 0 fully saturated rings. The molecular formula is C34H26O9S2. The van der Waals surface area contributed by atoms with Crippen LogP contribution in [0.1, 0.15) is 11.1 Å². The summed E-state index contributed by atoms with van der Waals surface area (Å²) < 4.78 is 83.2. The van der Waals surface area contributed by atoms with Crippen molar-refractivity contribution in [2.75, 3.05) is 7.11 Å². The van der Waals surface area contributed by atoms with E-state index >= 15 is 0 Å². The van der Waals surface area contributed by atoms with Crippen molar-refractivity contribution < 1.29 is 40.3 Å². The molecule has 0 bridgehead atoms. The highest BCUT2D eigenvalue weighted by Gasteiger charge is 2.21.